The number of carbonyl (C=O) groups excluding carboxylic acids is 1. The molecule has 0 atom stereocenters. The molecule has 1 aliphatic rings. The molecule has 2 N–H and O–H groups in total. The Kier molecular flexibility index (Phi) is 6.05. The summed E-state index contributed by atoms with van der Waals surface area (Å²) in [6.07, 6.45) is 1.66. The second kappa shape index (κ2) is 9.24. The van der Waals surface area contributed by atoms with E-state index in [9.17, 15) is 10.1 Å². The summed E-state index contributed by atoms with van der Waals surface area (Å²) in [6.45, 7) is 3.29. The Morgan fingerprint density at radius 1 is 1.10 bits per heavy atom. The average Bonchev–Trinajstić information content (AvgIpc) is 2.83. The Morgan fingerprint density at radius 2 is 1.81 bits per heavy atom. The van der Waals surface area contributed by atoms with Crippen LogP contribution in [0.15, 0.2) is 60.8 Å². The predicted octanol–water partition coefficient (Wildman–Crippen LogP) is 2.74. The number of anilines is 3. The Morgan fingerprint density at radius 3 is 2.45 bits per heavy atom. The lowest BCUT2D eigenvalue weighted by Gasteiger charge is -2.29. The van der Waals surface area contributed by atoms with Gasteiger partial charge in [-0.25, -0.2) is 9.97 Å². The van der Waals surface area contributed by atoms with Crippen LogP contribution in [0.25, 0.3) is 11.3 Å². The van der Waals surface area contributed by atoms with Crippen molar-refractivity contribution in [1.29, 1.82) is 5.26 Å². The Balaban J connectivity index is 1.60. The maximum Gasteiger partial charge on any atom is 0.248 e. The average molecular weight is 414 g/mol. The van der Waals surface area contributed by atoms with Crippen molar-refractivity contribution in [3.63, 3.8) is 0 Å². The highest BCUT2D eigenvalue weighted by Crippen LogP contribution is 2.27. The van der Waals surface area contributed by atoms with Crippen LogP contribution in [0.3, 0.4) is 0 Å². The minimum Gasteiger partial charge on any atom is -0.378 e. The Labute approximate surface area is 180 Å². The molecule has 0 aliphatic carbocycles. The molecular formula is C23H22N6O2. The van der Waals surface area contributed by atoms with Crippen LogP contribution in [0.4, 0.5) is 17.3 Å². The van der Waals surface area contributed by atoms with Gasteiger partial charge in [0, 0.05) is 41.8 Å². The third-order valence-corrected chi connectivity index (χ3v) is 5.12. The zero-order valence-electron chi connectivity index (χ0n) is 16.9. The molecule has 2 heterocycles. The van der Waals surface area contributed by atoms with Gasteiger partial charge in [0.25, 0.3) is 0 Å². The van der Waals surface area contributed by atoms with Gasteiger partial charge in [0.1, 0.15) is 6.54 Å². The summed E-state index contributed by atoms with van der Waals surface area (Å²) in [5, 5.41) is 9.37. The summed E-state index contributed by atoms with van der Waals surface area (Å²) in [6, 6.07) is 18.9. The summed E-state index contributed by atoms with van der Waals surface area (Å²) in [4.78, 5) is 24.4. The first-order valence-electron chi connectivity index (χ1n) is 9.96. The lowest BCUT2D eigenvalue weighted by molar-refractivity contribution is 0.100. The van der Waals surface area contributed by atoms with Gasteiger partial charge in [0.05, 0.1) is 25.0 Å². The third-order valence-electron chi connectivity index (χ3n) is 5.12. The van der Waals surface area contributed by atoms with Crippen LogP contribution in [0.1, 0.15) is 10.4 Å². The number of nitrogens with two attached hydrogens (primary N) is 1. The molecule has 2 aromatic carbocycles. The number of carbonyl (C=O) groups is 1. The van der Waals surface area contributed by atoms with Gasteiger partial charge in [0.15, 0.2) is 0 Å². The number of primary amides is 1. The van der Waals surface area contributed by atoms with E-state index in [0.29, 0.717) is 17.2 Å². The number of nitriles is 1. The summed E-state index contributed by atoms with van der Waals surface area (Å²) in [7, 11) is 0. The second-order valence-corrected chi connectivity index (χ2v) is 7.04. The fraction of sp³-hybridized carbons (Fsp3) is 0.217. The minimum absolute atomic E-state index is 0.112. The number of morpholine rings is 1. The fourth-order valence-corrected chi connectivity index (χ4v) is 3.46. The van der Waals surface area contributed by atoms with E-state index in [4.69, 9.17) is 10.5 Å². The molecule has 0 spiro atoms. The van der Waals surface area contributed by atoms with Crippen molar-refractivity contribution in [3.05, 3.63) is 66.4 Å². The maximum atomic E-state index is 11.3. The maximum absolute atomic E-state index is 11.3. The van der Waals surface area contributed by atoms with E-state index in [-0.39, 0.29) is 6.54 Å². The van der Waals surface area contributed by atoms with Gasteiger partial charge in [-0.05, 0) is 42.5 Å². The van der Waals surface area contributed by atoms with E-state index in [2.05, 4.69) is 20.9 Å². The fourth-order valence-electron chi connectivity index (χ4n) is 3.46. The number of hydrogen-bond donors (Lipinski definition) is 1. The minimum atomic E-state index is -0.476. The van der Waals surface area contributed by atoms with Crippen LogP contribution in [0, 0.1) is 11.3 Å². The molecule has 1 aliphatic heterocycles. The molecule has 8 nitrogen and oxygen atoms in total. The molecule has 1 saturated heterocycles. The summed E-state index contributed by atoms with van der Waals surface area (Å²) < 4.78 is 5.41. The van der Waals surface area contributed by atoms with Crippen LogP contribution in [0.2, 0.25) is 0 Å². The molecule has 0 unspecified atom stereocenters. The van der Waals surface area contributed by atoms with Crippen LogP contribution in [-0.4, -0.2) is 48.7 Å². The number of hydrogen-bond acceptors (Lipinski definition) is 7. The van der Waals surface area contributed by atoms with Crippen molar-refractivity contribution in [2.24, 2.45) is 5.73 Å². The SMILES string of the molecule is N#CCN(c1ccc(N2CCOCC2)cc1)c1nccc(-c2ccc(C(N)=O)cc2)n1. The number of aromatic nitrogens is 2. The van der Waals surface area contributed by atoms with Crippen molar-refractivity contribution in [1.82, 2.24) is 9.97 Å². The van der Waals surface area contributed by atoms with E-state index in [0.717, 1.165) is 43.2 Å². The van der Waals surface area contributed by atoms with Gasteiger partial charge in [-0.3, -0.25) is 9.69 Å². The molecule has 3 aromatic rings. The summed E-state index contributed by atoms with van der Waals surface area (Å²) in [5.74, 6) is -0.0483. The lowest BCUT2D eigenvalue weighted by Crippen LogP contribution is -2.36. The molecule has 4 rings (SSSR count). The quantitative estimate of drug-likeness (QED) is 0.618. The van der Waals surface area contributed by atoms with Gasteiger partial charge in [-0.15, -0.1) is 0 Å². The van der Waals surface area contributed by atoms with Gasteiger partial charge < -0.3 is 15.4 Å². The van der Waals surface area contributed by atoms with E-state index < -0.39 is 5.91 Å². The number of ether oxygens (including phenoxy) is 1. The molecule has 1 aromatic heterocycles. The lowest BCUT2D eigenvalue weighted by atomic mass is 10.1. The monoisotopic (exact) mass is 414 g/mol. The molecule has 1 fully saturated rings. The molecule has 0 bridgehead atoms. The largest absolute Gasteiger partial charge is 0.378 e. The number of rotatable bonds is 6. The summed E-state index contributed by atoms with van der Waals surface area (Å²) >= 11 is 0. The molecular weight excluding hydrogens is 392 g/mol. The molecule has 31 heavy (non-hydrogen) atoms. The topological polar surface area (TPSA) is 108 Å². The molecule has 0 radical (unpaired) electrons. The van der Waals surface area contributed by atoms with E-state index >= 15 is 0 Å². The second-order valence-electron chi connectivity index (χ2n) is 7.04. The summed E-state index contributed by atoms with van der Waals surface area (Å²) in [5.41, 5.74) is 9.21. The van der Waals surface area contributed by atoms with Crippen molar-refractivity contribution in [2.75, 3.05) is 42.6 Å². The van der Waals surface area contributed by atoms with Crippen LogP contribution in [0.5, 0.6) is 0 Å². The first kappa shape index (κ1) is 20.3. The Bertz CT molecular complexity index is 1090. The number of benzene rings is 2. The van der Waals surface area contributed by atoms with Crippen molar-refractivity contribution < 1.29 is 9.53 Å². The zero-order valence-corrected chi connectivity index (χ0v) is 16.9. The molecule has 1 amide bonds. The van der Waals surface area contributed by atoms with Gasteiger partial charge in [-0.1, -0.05) is 12.1 Å². The predicted molar refractivity (Wildman–Crippen MR) is 118 cm³/mol. The van der Waals surface area contributed by atoms with Crippen LogP contribution < -0.4 is 15.5 Å². The van der Waals surface area contributed by atoms with Gasteiger partial charge in [-0.2, -0.15) is 5.26 Å². The third kappa shape index (κ3) is 4.63. The van der Waals surface area contributed by atoms with Crippen LogP contribution in [-0.2, 0) is 4.74 Å². The Hall–Kier alpha value is -3.96. The van der Waals surface area contributed by atoms with Crippen molar-refractivity contribution in [3.8, 4) is 17.3 Å². The normalized spacial score (nSPS) is 13.5. The smallest absolute Gasteiger partial charge is 0.248 e. The molecule has 8 heteroatoms. The molecule has 156 valence electrons. The van der Waals surface area contributed by atoms with Crippen molar-refractivity contribution >= 4 is 23.2 Å². The van der Waals surface area contributed by atoms with Crippen LogP contribution >= 0.6 is 0 Å². The van der Waals surface area contributed by atoms with Gasteiger partial charge in [0.2, 0.25) is 11.9 Å². The van der Waals surface area contributed by atoms with E-state index in [1.807, 2.05) is 24.3 Å². The van der Waals surface area contributed by atoms with Gasteiger partial charge >= 0.3 is 0 Å². The van der Waals surface area contributed by atoms with E-state index in [1.165, 1.54) is 0 Å². The number of nitrogens with zero attached hydrogens (tertiary/aromatic N) is 5. The highest BCUT2D eigenvalue weighted by Gasteiger charge is 2.15. The van der Waals surface area contributed by atoms with E-state index in [1.54, 1.807) is 41.4 Å². The highest BCUT2D eigenvalue weighted by molar-refractivity contribution is 5.93. The molecule has 0 saturated carbocycles. The first-order valence-corrected chi connectivity index (χ1v) is 9.96. The standard InChI is InChI=1S/C23H22N6O2/c24-10-12-29(20-7-5-19(6-8-20)28-13-15-31-16-14-28)23-26-11-9-21(27-23)17-1-3-18(4-2-17)22(25)30/h1-9,11H,12-16H2,(H2,25,30). The number of amides is 1. The van der Waals surface area contributed by atoms with Crippen molar-refractivity contribution in [2.45, 2.75) is 0 Å². The zero-order chi connectivity index (χ0) is 21.6. The highest BCUT2D eigenvalue weighted by atomic mass is 16.5. The first-order chi connectivity index (χ1) is 15.2.